The molecular formula is C18H36N4O11. The lowest BCUT2D eigenvalue weighted by atomic mass is 9.84. The number of rotatable bonds is 6. The minimum Gasteiger partial charge on any atom is -0.394 e. The monoisotopic (exact) mass is 484 g/mol. The second kappa shape index (κ2) is 11.0. The Morgan fingerprint density at radius 2 is 1.18 bits per heavy atom. The number of ether oxygens (including phenoxy) is 4. The molecule has 3 aliphatic rings. The summed E-state index contributed by atoms with van der Waals surface area (Å²) in [5, 5.41) is 70.9. The average molecular weight is 485 g/mol. The zero-order valence-electron chi connectivity index (χ0n) is 17.9. The van der Waals surface area contributed by atoms with Crippen molar-refractivity contribution in [3.05, 3.63) is 0 Å². The predicted molar refractivity (Wildman–Crippen MR) is 108 cm³/mol. The van der Waals surface area contributed by atoms with E-state index < -0.39 is 98.4 Å². The maximum Gasteiger partial charge on any atom is 0.187 e. The van der Waals surface area contributed by atoms with Gasteiger partial charge in [0, 0.05) is 18.6 Å². The fourth-order valence-electron chi connectivity index (χ4n) is 4.40. The van der Waals surface area contributed by atoms with Gasteiger partial charge in [-0.1, -0.05) is 0 Å². The molecule has 2 aliphatic heterocycles. The molecule has 3 fully saturated rings. The van der Waals surface area contributed by atoms with Crippen LogP contribution in [0.25, 0.3) is 0 Å². The summed E-state index contributed by atoms with van der Waals surface area (Å²) >= 11 is 0. The highest BCUT2D eigenvalue weighted by Gasteiger charge is 2.51. The van der Waals surface area contributed by atoms with Gasteiger partial charge in [0.25, 0.3) is 0 Å². The van der Waals surface area contributed by atoms with Crippen molar-refractivity contribution in [3.8, 4) is 0 Å². The number of hydrogen-bond acceptors (Lipinski definition) is 15. The molecule has 15 nitrogen and oxygen atoms in total. The Labute approximate surface area is 189 Å². The van der Waals surface area contributed by atoms with Crippen molar-refractivity contribution in [2.45, 2.75) is 98.2 Å². The highest BCUT2D eigenvalue weighted by atomic mass is 16.7. The van der Waals surface area contributed by atoms with Crippen molar-refractivity contribution in [2.24, 2.45) is 22.9 Å². The lowest BCUT2D eigenvalue weighted by molar-refractivity contribution is -0.332. The van der Waals surface area contributed by atoms with E-state index in [-0.39, 0.29) is 13.0 Å². The largest absolute Gasteiger partial charge is 0.394 e. The quantitative estimate of drug-likeness (QED) is 0.167. The fraction of sp³-hybridized carbons (Fsp3) is 1.00. The van der Waals surface area contributed by atoms with Crippen LogP contribution in [0, 0.1) is 0 Å². The van der Waals surface area contributed by atoms with Crippen LogP contribution in [0.3, 0.4) is 0 Å². The third kappa shape index (κ3) is 5.32. The molecule has 0 aromatic carbocycles. The number of hydrogen-bond donors (Lipinski definition) is 11. The van der Waals surface area contributed by atoms with E-state index >= 15 is 0 Å². The van der Waals surface area contributed by atoms with Crippen LogP contribution in [0.2, 0.25) is 0 Å². The molecule has 1 aliphatic carbocycles. The van der Waals surface area contributed by atoms with Crippen molar-refractivity contribution in [2.75, 3.05) is 13.2 Å². The molecule has 15 N–H and O–H groups in total. The zero-order chi connectivity index (χ0) is 24.6. The summed E-state index contributed by atoms with van der Waals surface area (Å²) in [6.45, 7) is -0.763. The first-order chi connectivity index (χ1) is 15.5. The Balaban J connectivity index is 1.72. The number of nitrogens with two attached hydrogens (primary N) is 4. The first kappa shape index (κ1) is 27.0. The van der Waals surface area contributed by atoms with Gasteiger partial charge in [-0.2, -0.15) is 0 Å². The summed E-state index contributed by atoms with van der Waals surface area (Å²) in [6.07, 6.45) is -16.5. The first-order valence-electron chi connectivity index (χ1n) is 10.8. The normalized spacial score (nSPS) is 53.7. The van der Waals surface area contributed by atoms with E-state index in [4.69, 9.17) is 41.9 Å². The van der Waals surface area contributed by atoms with Crippen molar-refractivity contribution in [3.63, 3.8) is 0 Å². The molecule has 2 saturated heterocycles. The van der Waals surface area contributed by atoms with Crippen LogP contribution in [0.5, 0.6) is 0 Å². The van der Waals surface area contributed by atoms with Crippen molar-refractivity contribution in [1.29, 1.82) is 0 Å². The third-order valence-electron chi connectivity index (χ3n) is 6.48. The Kier molecular flexibility index (Phi) is 8.99. The van der Waals surface area contributed by atoms with Crippen LogP contribution in [-0.2, 0) is 18.9 Å². The third-order valence-corrected chi connectivity index (χ3v) is 6.48. The topological polar surface area (TPSA) is 283 Å². The summed E-state index contributed by atoms with van der Waals surface area (Å²) in [4.78, 5) is 0. The van der Waals surface area contributed by atoms with Crippen molar-refractivity contribution < 1.29 is 54.7 Å². The van der Waals surface area contributed by atoms with Gasteiger partial charge in [0.1, 0.15) is 61.0 Å². The predicted octanol–water partition coefficient (Wildman–Crippen LogP) is -7.29. The van der Waals surface area contributed by atoms with Crippen LogP contribution in [0.1, 0.15) is 6.42 Å². The van der Waals surface area contributed by atoms with Gasteiger partial charge in [-0.05, 0) is 6.42 Å². The molecule has 33 heavy (non-hydrogen) atoms. The van der Waals surface area contributed by atoms with Gasteiger partial charge in [-0.3, -0.25) is 0 Å². The van der Waals surface area contributed by atoms with E-state index in [1.54, 1.807) is 0 Å². The van der Waals surface area contributed by atoms with E-state index in [1.165, 1.54) is 0 Å². The van der Waals surface area contributed by atoms with Gasteiger partial charge >= 0.3 is 0 Å². The lowest BCUT2D eigenvalue weighted by Gasteiger charge is -2.48. The van der Waals surface area contributed by atoms with Crippen molar-refractivity contribution >= 4 is 0 Å². The van der Waals surface area contributed by atoms with E-state index in [1.807, 2.05) is 0 Å². The molecule has 3 rings (SSSR count). The van der Waals surface area contributed by atoms with Gasteiger partial charge < -0.3 is 77.6 Å². The maximum atomic E-state index is 10.9. The lowest BCUT2D eigenvalue weighted by Crippen LogP contribution is -2.68. The summed E-state index contributed by atoms with van der Waals surface area (Å²) in [5.74, 6) is 0. The molecule has 194 valence electrons. The van der Waals surface area contributed by atoms with E-state index in [2.05, 4.69) is 0 Å². The second-order valence-electron chi connectivity index (χ2n) is 8.79. The van der Waals surface area contributed by atoms with Crippen LogP contribution in [0.4, 0.5) is 0 Å². The highest BCUT2D eigenvalue weighted by molar-refractivity contribution is 5.01. The van der Waals surface area contributed by atoms with Gasteiger partial charge in [-0.15, -0.1) is 0 Å². The second-order valence-corrected chi connectivity index (χ2v) is 8.79. The fourth-order valence-corrected chi connectivity index (χ4v) is 4.40. The van der Waals surface area contributed by atoms with Crippen LogP contribution >= 0.6 is 0 Å². The van der Waals surface area contributed by atoms with Gasteiger partial charge in [0.15, 0.2) is 12.6 Å². The van der Waals surface area contributed by atoms with Gasteiger partial charge in [-0.25, -0.2) is 0 Å². The summed E-state index contributed by atoms with van der Waals surface area (Å²) in [7, 11) is 0. The summed E-state index contributed by atoms with van der Waals surface area (Å²) in [6, 6.07) is -2.86. The zero-order valence-corrected chi connectivity index (χ0v) is 17.9. The Bertz CT molecular complexity index is 584. The summed E-state index contributed by atoms with van der Waals surface area (Å²) in [5.41, 5.74) is 23.5. The standard InChI is InChI=1S/C18H36N4O11/c19-2-6-10(25)12(27)13(28)18(30-6)33-16-5(21)1-4(20)15(14(16)29)32-17-11(26)8(22)9(24)7(3-23)31-17/h4-18,23-29H,1-3,19-22H2/t4-,5+,6+,7-,8+,9-,10+,11-,12-,13+,14-,15+,16-,17+,18+/m1/s1. The molecular weight excluding hydrogens is 448 g/mol. The minimum atomic E-state index is -1.66. The molecule has 0 unspecified atom stereocenters. The van der Waals surface area contributed by atoms with E-state index in [0.29, 0.717) is 0 Å². The molecule has 0 amide bonds. The summed E-state index contributed by atoms with van der Waals surface area (Å²) < 4.78 is 22.2. The smallest absolute Gasteiger partial charge is 0.187 e. The van der Waals surface area contributed by atoms with Crippen LogP contribution < -0.4 is 22.9 Å². The molecule has 0 aromatic heterocycles. The molecule has 15 atom stereocenters. The SMILES string of the molecule is NC[C@@H]1O[C@@H](O[C@H]2[C@H](O)[C@@H](O[C@@H]3O[C@H](CO)[C@@H](O)[C@H](N)[C@H]3O)[C@H](N)C[C@@H]2N)[C@@H](O)[C@H](O)[C@H]1O. The van der Waals surface area contributed by atoms with Gasteiger partial charge in [0.2, 0.25) is 0 Å². The molecule has 0 bridgehead atoms. The first-order valence-corrected chi connectivity index (χ1v) is 10.8. The van der Waals surface area contributed by atoms with Crippen molar-refractivity contribution in [1.82, 2.24) is 0 Å². The minimum absolute atomic E-state index is 0.0849. The Morgan fingerprint density at radius 1 is 0.667 bits per heavy atom. The Morgan fingerprint density at radius 3 is 1.70 bits per heavy atom. The van der Waals surface area contributed by atoms with Crippen LogP contribution in [-0.4, -0.2) is 141 Å². The molecule has 0 aromatic rings. The van der Waals surface area contributed by atoms with E-state index in [9.17, 15) is 35.7 Å². The number of aliphatic hydroxyl groups is 7. The van der Waals surface area contributed by atoms with Crippen LogP contribution in [0.15, 0.2) is 0 Å². The van der Waals surface area contributed by atoms with Gasteiger partial charge in [0.05, 0.1) is 12.6 Å². The molecule has 2 heterocycles. The molecule has 15 heteroatoms. The highest BCUT2D eigenvalue weighted by Crippen LogP contribution is 2.31. The van der Waals surface area contributed by atoms with E-state index in [0.717, 1.165) is 0 Å². The molecule has 1 saturated carbocycles. The average Bonchev–Trinajstić information content (AvgIpc) is 2.79. The number of aliphatic hydroxyl groups excluding tert-OH is 7. The Hall–Kier alpha value is -0.600. The molecule has 0 spiro atoms. The maximum absolute atomic E-state index is 10.9. The molecule has 0 radical (unpaired) electrons.